The standard InChI is InChI=1S/C14H24S2Se4/c17-11(3-9-7-15-9)5-13-14(20-2-1-19-13)6-12(18)4-10-8-16-10/h9-14,17-18H,1-8H2. The van der Waals surface area contributed by atoms with E-state index in [0.717, 1.165) is 59.7 Å². The van der Waals surface area contributed by atoms with Gasteiger partial charge in [0, 0.05) is 0 Å². The molecule has 3 heterocycles. The molecule has 3 fully saturated rings. The van der Waals surface area contributed by atoms with Crippen molar-refractivity contribution in [1.29, 1.82) is 0 Å². The van der Waals surface area contributed by atoms with Crippen molar-refractivity contribution in [3.05, 3.63) is 0 Å². The van der Waals surface area contributed by atoms with E-state index in [-0.39, 0.29) is 0 Å². The Labute approximate surface area is 161 Å². The summed E-state index contributed by atoms with van der Waals surface area (Å²) in [4.78, 5) is 4.14. The molecule has 0 aromatic heterocycles. The van der Waals surface area contributed by atoms with Crippen molar-refractivity contribution in [2.45, 2.75) is 66.1 Å². The van der Waals surface area contributed by atoms with E-state index in [1.807, 2.05) is 0 Å². The van der Waals surface area contributed by atoms with Gasteiger partial charge in [0.25, 0.3) is 0 Å². The monoisotopic (exact) mass is 576 g/mol. The topological polar surface area (TPSA) is 0 Å². The van der Waals surface area contributed by atoms with Gasteiger partial charge in [-0.2, -0.15) is 0 Å². The Morgan fingerprint density at radius 2 is 1.20 bits per heavy atom. The molecule has 0 amide bonds. The molecule has 0 aromatic carbocycles. The van der Waals surface area contributed by atoms with Gasteiger partial charge in [-0.1, -0.05) is 0 Å². The third kappa shape index (κ3) is 6.35. The molecule has 3 rings (SSSR count). The number of hydrogen-bond donors (Lipinski definition) is 0. The summed E-state index contributed by atoms with van der Waals surface area (Å²) in [5, 5.41) is 5.25. The molecule has 0 spiro atoms. The quantitative estimate of drug-likeness (QED) is 0.324. The SMILES string of the molecule is [SeH]C(CC1CS1)CC1[Se]CC[Se]C1CC([SeH])CC1CS1. The maximum absolute atomic E-state index is 3.02. The predicted octanol–water partition coefficient (Wildman–Crippen LogP) is 2.99. The zero-order chi connectivity index (χ0) is 13.9. The van der Waals surface area contributed by atoms with Crippen LogP contribution in [-0.4, -0.2) is 83.9 Å². The summed E-state index contributed by atoms with van der Waals surface area (Å²) >= 11 is 12.3. The third-order valence-electron chi connectivity index (χ3n) is 4.05. The van der Waals surface area contributed by atoms with Crippen LogP contribution in [0.5, 0.6) is 0 Å². The zero-order valence-electron chi connectivity index (χ0n) is 11.6. The average Bonchev–Trinajstić information content (AvgIpc) is 3.28. The molecule has 3 aliphatic heterocycles. The molecule has 6 heteroatoms. The van der Waals surface area contributed by atoms with Crippen LogP contribution in [0.3, 0.4) is 0 Å². The second-order valence-electron chi connectivity index (χ2n) is 5.98. The Bertz CT molecular complexity index is 280. The second-order valence-corrected chi connectivity index (χ2v) is 17.4. The van der Waals surface area contributed by atoms with E-state index >= 15 is 0 Å². The van der Waals surface area contributed by atoms with Crippen LogP contribution in [0.25, 0.3) is 0 Å². The number of thioether (sulfide) groups is 2. The van der Waals surface area contributed by atoms with Gasteiger partial charge in [0.2, 0.25) is 0 Å². The first-order valence-corrected chi connectivity index (χ1v) is 16.2. The second kappa shape index (κ2) is 8.75. The zero-order valence-corrected chi connectivity index (χ0v) is 20.5. The third-order valence-corrected chi connectivity index (χ3v) is 15.8. The van der Waals surface area contributed by atoms with Crippen LogP contribution in [0.1, 0.15) is 25.7 Å². The van der Waals surface area contributed by atoms with Gasteiger partial charge in [0.05, 0.1) is 0 Å². The summed E-state index contributed by atoms with van der Waals surface area (Å²) in [6.45, 7) is 0. The van der Waals surface area contributed by atoms with Gasteiger partial charge >= 0.3 is 163 Å². The Morgan fingerprint density at radius 3 is 1.55 bits per heavy atom. The van der Waals surface area contributed by atoms with E-state index < -0.39 is 0 Å². The Balaban J connectivity index is 1.44. The first-order chi connectivity index (χ1) is 9.70. The molecule has 20 heavy (non-hydrogen) atoms. The molecule has 116 valence electrons. The van der Waals surface area contributed by atoms with Gasteiger partial charge < -0.3 is 0 Å². The normalized spacial score (nSPS) is 39.3. The van der Waals surface area contributed by atoms with Crippen LogP contribution < -0.4 is 0 Å². The van der Waals surface area contributed by atoms with Crippen LogP contribution in [0, 0.1) is 0 Å². The molecular formula is C14H24S2Se4. The average molecular weight is 572 g/mol. The van der Waals surface area contributed by atoms with E-state index in [9.17, 15) is 0 Å². The molecule has 0 radical (unpaired) electrons. The summed E-state index contributed by atoms with van der Waals surface area (Å²) in [6.07, 6.45) is 6.06. The summed E-state index contributed by atoms with van der Waals surface area (Å²) in [6, 6.07) is 0. The van der Waals surface area contributed by atoms with E-state index in [1.165, 1.54) is 24.3 Å². The summed E-state index contributed by atoms with van der Waals surface area (Å²) in [7, 11) is 0. The fourth-order valence-corrected chi connectivity index (χ4v) is 16.5. The maximum atomic E-state index is 3.02. The van der Waals surface area contributed by atoms with Gasteiger partial charge in [0.15, 0.2) is 0 Å². The molecule has 6 unspecified atom stereocenters. The van der Waals surface area contributed by atoms with Gasteiger partial charge in [-0.05, 0) is 0 Å². The van der Waals surface area contributed by atoms with Crippen molar-refractivity contribution in [3.8, 4) is 0 Å². The van der Waals surface area contributed by atoms with E-state index in [1.54, 1.807) is 23.5 Å². The first kappa shape index (κ1) is 17.6. The van der Waals surface area contributed by atoms with Crippen molar-refractivity contribution < 1.29 is 0 Å². The van der Waals surface area contributed by atoms with Gasteiger partial charge in [-0.15, -0.1) is 0 Å². The fourth-order valence-electron chi connectivity index (χ4n) is 2.80. The Hall–Kier alpha value is 2.78. The van der Waals surface area contributed by atoms with E-state index in [2.05, 4.69) is 55.5 Å². The van der Waals surface area contributed by atoms with Crippen LogP contribution in [-0.2, 0) is 0 Å². The molecule has 0 N–H and O–H groups in total. The minimum absolute atomic E-state index is 0.939. The molecule has 0 aliphatic carbocycles. The minimum atomic E-state index is 0.939. The van der Waals surface area contributed by atoms with Gasteiger partial charge in [-0.25, -0.2) is 0 Å². The van der Waals surface area contributed by atoms with Crippen molar-refractivity contribution in [2.24, 2.45) is 0 Å². The van der Waals surface area contributed by atoms with Crippen molar-refractivity contribution in [2.75, 3.05) is 11.5 Å². The van der Waals surface area contributed by atoms with Gasteiger partial charge in [-0.3, -0.25) is 0 Å². The molecule has 0 nitrogen and oxygen atoms in total. The summed E-state index contributed by atoms with van der Waals surface area (Å²) < 4.78 is 0. The van der Waals surface area contributed by atoms with Crippen LogP contribution in [0.2, 0.25) is 29.9 Å². The molecule has 0 saturated carbocycles. The molecule has 0 aromatic rings. The molecule has 6 atom stereocenters. The van der Waals surface area contributed by atoms with Crippen molar-refractivity contribution in [3.63, 3.8) is 0 Å². The Kier molecular flexibility index (Phi) is 7.70. The summed E-state index contributed by atoms with van der Waals surface area (Å²) in [5.74, 6) is 2.90. The molecule has 3 saturated heterocycles. The molecular weight excluding hydrogens is 548 g/mol. The van der Waals surface area contributed by atoms with Crippen LogP contribution in [0.15, 0.2) is 0 Å². The predicted molar refractivity (Wildman–Crippen MR) is 101 cm³/mol. The van der Waals surface area contributed by atoms with Crippen molar-refractivity contribution >= 4 is 85.5 Å². The molecule has 0 bridgehead atoms. The van der Waals surface area contributed by atoms with Crippen LogP contribution in [0.4, 0.5) is 0 Å². The van der Waals surface area contributed by atoms with E-state index in [4.69, 9.17) is 0 Å². The number of rotatable bonds is 8. The molecule has 3 aliphatic rings. The van der Waals surface area contributed by atoms with Crippen LogP contribution >= 0.6 is 23.5 Å². The van der Waals surface area contributed by atoms with Gasteiger partial charge in [0.1, 0.15) is 0 Å². The number of hydrogen-bond acceptors (Lipinski definition) is 2. The first-order valence-electron chi connectivity index (χ1n) is 7.53. The van der Waals surface area contributed by atoms with E-state index in [0.29, 0.717) is 0 Å². The fraction of sp³-hybridized carbons (Fsp3) is 1.00. The Morgan fingerprint density at radius 1 is 0.800 bits per heavy atom. The summed E-state index contributed by atoms with van der Waals surface area (Å²) in [5.41, 5.74) is 0. The van der Waals surface area contributed by atoms with Crippen molar-refractivity contribution in [1.82, 2.24) is 0 Å².